The fourth-order valence-electron chi connectivity index (χ4n) is 5.91. The summed E-state index contributed by atoms with van der Waals surface area (Å²) in [6.45, 7) is 9.21. The van der Waals surface area contributed by atoms with Crippen molar-refractivity contribution in [3.8, 4) is 6.07 Å². The van der Waals surface area contributed by atoms with Crippen molar-refractivity contribution >= 4 is 48.5 Å². The third kappa shape index (κ3) is 5.02. The maximum Gasteiger partial charge on any atom is 0.348 e. The SMILES string of the molecule is CCOP(=O)(OCC)C(C)(S)[C@H]1O[C@@H](n2ccc3c(NC4CCCC4)c(C#N)c(Cl)nc32)[C@@H]2OC(C)(C)O[C@@H]21. The summed E-state index contributed by atoms with van der Waals surface area (Å²) >= 11 is 11.4. The van der Waals surface area contributed by atoms with Crippen molar-refractivity contribution in [2.24, 2.45) is 0 Å². The van der Waals surface area contributed by atoms with Gasteiger partial charge >= 0.3 is 7.60 Å². The summed E-state index contributed by atoms with van der Waals surface area (Å²) in [4.78, 5) is 4.60. The molecule has 39 heavy (non-hydrogen) atoms. The third-order valence-corrected chi connectivity index (χ3v) is 11.4. The van der Waals surface area contributed by atoms with Crippen molar-refractivity contribution in [1.29, 1.82) is 5.26 Å². The van der Waals surface area contributed by atoms with E-state index in [0.29, 0.717) is 16.9 Å². The fourth-order valence-corrected chi connectivity index (χ4v) is 8.47. The smallest absolute Gasteiger partial charge is 0.348 e. The molecule has 3 fully saturated rings. The minimum absolute atomic E-state index is 0.108. The second-order valence-corrected chi connectivity index (χ2v) is 14.9. The van der Waals surface area contributed by atoms with E-state index in [0.717, 1.165) is 31.1 Å². The zero-order valence-electron chi connectivity index (χ0n) is 22.8. The topological polar surface area (TPSA) is 117 Å². The van der Waals surface area contributed by atoms with Gasteiger partial charge in [0.05, 0.1) is 18.9 Å². The van der Waals surface area contributed by atoms with E-state index in [9.17, 15) is 9.83 Å². The number of halogens is 1. The predicted octanol–water partition coefficient (Wildman–Crippen LogP) is 6.25. The van der Waals surface area contributed by atoms with Crippen LogP contribution in [-0.2, 0) is 27.8 Å². The van der Waals surface area contributed by atoms with Gasteiger partial charge in [0.15, 0.2) is 17.2 Å². The lowest BCUT2D eigenvalue weighted by atomic mass is 10.1. The number of ether oxygens (including phenoxy) is 3. The molecule has 10 nitrogen and oxygen atoms in total. The highest BCUT2D eigenvalue weighted by molar-refractivity contribution is 7.91. The molecule has 1 saturated carbocycles. The van der Waals surface area contributed by atoms with E-state index in [1.165, 1.54) is 0 Å². The summed E-state index contributed by atoms with van der Waals surface area (Å²) < 4.78 is 44.9. The molecule has 0 amide bonds. The minimum Gasteiger partial charge on any atom is -0.381 e. The van der Waals surface area contributed by atoms with Crippen molar-refractivity contribution in [3.63, 3.8) is 0 Å². The van der Waals surface area contributed by atoms with Gasteiger partial charge in [-0.3, -0.25) is 4.57 Å². The lowest BCUT2D eigenvalue weighted by Crippen LogP contribution is -2.44. The number of nitrogens with one attached hydrogen (secondary N) is 1. The molecule has 5 rings (SSSR count). The van der Waals surface area contributed by atoms with Crippen molar-refractivity contribution in [2.75, 3.05) is 18.5 Å². The first-order valence-corrected chi connectivity index (χ1v) is 15.8. The van der Waals surface area contributed by atoms with Gasteiger partial charge in [-0.2, -0.15) is 17.9 Å². The van der Waals surface area contributed by atoms with Crippen LogP contribution in [-0.4, -0.2) is 57.4 Å². The number of thiol groups is 1. The van der Waals surface area contributed by atoms with Crippen LogP contribution >= 0.6 is 31.8 Å². The van der Waals surface area contributed by atoms with E-state index in [4.69, 9.17) is 47.5 Å². The molecule has 0 radical (unpaired) electrons. The normalized spacial score (nSPS) is 28.5. The number of nitriles is 1. The van der Waals surface area contributed by atoms with Gasteiger partial charge in [0.1, 0.15) is 40.1 Å². The van der Waals surface area contributed by atoms with E-state index in [1.807, 2.05) is 30.7 Å². The molecule has 1 N–H and O–H groups in total. The first-order valence-electron chi connectivity index (χ1n) is 13.5. The number of pyridine rings is 1. The third-order valence-electron chi connectivity index (χ3n) is 7.63. The van der Waals surface area contributed by atoms with Crippen molar-refractivity contribution < 1.29 is 27.8 Å². The van der Waals surface area contributed by atoms with E-state index < -0.39 is 42.4 Å². The Morgan fingerprint density at radius 3 is 2.54 bits per heavy atom. The average Bonchev–Trinajstić information content (AvgIpc) is 3.63. The molecule has 2 aliphatic heterocycles. The van der Waals surface area contributed by atoms with E-state index >= 15 is 0 Å². The highest BCUT2D eigenvalue weighted by atomic mass is 35.5. The Morgan fingerprint density at radius 2 is 1.92 bits per heavy atom. The second kappa shape index (κ2) is 10.8. The number of aromatic nitrogens is 2. The second-order valence-electron chi connectivity index (χ2n) is 10.8. The molecule has 1 aliphatic carbocycles. The lowest BCUT2D eigenvalue weighted by molar-refractivity contribution is -0.197. The average molecular weight is 599 g/mol. The Morgan fingerprint density at radius 1 is 1.28 bits per heavy atom. The van der Waals surface area contributed by atoms with Crippen LogP contribution in [0.3, 0.4) is 0 Å². The van der Waals surface area contributed by atoms with Gasteiger partial charge in [-0.25, -0.2) is 4.98 Å². The molecule has 0 aromatic carbocycles. The lowest BCUT2D eigenvalue weighted by Gasteiger charge is -2.38. The van der Waals surface area contributed by atoms with Crippen LogP contribution in [0.1, 0.15) is 72.1 Å². The molecule has 13 heteroatoms. The first-order chi connectivity index (χ1) is 18.5. The quantitative estimate of drug-likeness (QED) is 0.196. The van der Waals surface area contributed by atoms with Crippen LogP contribution in [0.2, 0.25) is 5.15 Å². The Labute approximate surface area is 239 Å². The van der Waals surface area contributed by atoms with Crippen LogP contribution in [0, 0.1) is 11.3 Å². The summed E-state index contributed by atoms with van der Waals surface area (Å²) in [5.41, 5.74) is 1.52. The monoisotopic (exact) mass is 598 g/mol. The summed E-state index contributed by atoms with van der Waals surface area (Å²) in [5.74, 6) is -0.919. The molecule has 214 valence electrons. The molecule has 3 aliphatic rings. The summed E-state index contributed by atoms with van der Waals surface area (Å²) in [5, 5.41) is 14.3. The van der Waals surface area contributed by atoms with Gasteiger partial charge in [0.2, 0.25) is 0 Å². The van der Waals surface area contributed by atoms with Crippen molar-refractivity contribution in [1.82, 2.24) is 9.55 Å². The zero-order chi connectivity index (χ0) is 28.2. The predicted molar refractivity (Wildman–Crippen MR) is 151 cm³/mol. The van der Waals surface area contributed by atoms with Crippen LogP contribution in [0.4, 0.5) is 5.69 Å². The number of fused-ring (bicyclic) bond motifs is 2. The van der Waals surface area contributed by atoms with Gasteiger partial charge in [0.25, 0.3) is 0 Å². The first kappa shape index (κ1) is 29.2. The molecule has 2 saturated heterocycles. The van der Waals surface area contributed by atoms with Crippen LogP contribution in [0.5, 0.6) is 0 Å². The molecular formula is C26H36ClN4O6PS. The van der Waals surface area contributed by atoms with Crippen LogP contribution < -0.4 is 5.32 Å². The molecule has 2 aromatic heterocycles. The number of anilines is 1. The van der Waals surface area contributed by atoms with Gasteiger partial charge in [0, 0.05) is 17.6 Å². The molecule has 0 spiro atoms. The Hall–Kier alpha value is -1.35. The number of rotatable bonds is 9. The van der Waals surface area contributed by atoms with Crippen molar-refractivity contribution in [3.05, 3.63) is 23.0 Å². The number of hydrogen-bond acceptors (Lipinski definition) is 10. The molecule has 2 aromatic rings. The van der Waals surface area contributed by atoms with Gasteiger partial charge < -0.3 is 33.1 Å². The zero-order valence-corrected chi connectivity index (χ0v) is 25.4. The highest BCUT2D eigenvalue weighted by Gasteiger charge is 2.65. The van der Waals surface area contributed by atoms with Crippen molar-refractivity contribution in [2.45, 2.75) is 101 Å². The van der Waals surface area contributed by atoms with Crippen LogP contribution in [0.25, 0.3) is 11.0 Å². The number of nitrogens with zero attached hydrogens (tertiary/aromatic N) is 3. The molecule has 1 unspecified atom stereocenters. The highest BCUT2D eigenvalue weighted by Crippen LogP contribution is 2.66. The largest absolute Gasteiger partial charge is 0.381 e. The Kier molecular flexibility index (Phi) is 8.08. The summed E-state index contributed by atoms with van der Waals surface area (Å²) in [7, 11) is -3.75. The molecule has 4 heterocycles. The van der Waals surface area contributed by atoms with E-state index in [-0.39, 0.29) is 24.4 Å². The maximum absolute atomic E-state index is 13.9. The summed E-state index contributed by atoms with van der Waals surface area (Å²) in [6, 6.07) is 4.38. The van der Waals surface area contributed by atoms with Gasteiger partial charge in [-0.05, 0) is 53.5 Å². The fraction of sp³-hybridized carbons (Fsp3) is 0.692. The Bertz CT molecular complexity index is 1310. The van der Waals surface area contributed by atoms with E-state index in [1.54, 1.807) is 20.8 Å². The standard InChI is InChI=1S/C26H36ClN4O6PS/c1-6-33-38(32,34-7-2)26(5,39)21-19-20(37-25(3,4)36-19)24(35-21)31-13-12-16-18(29-15-10-8-9-11-15)17(14-28)22(27)30-23(16)31/h12-13,15,19-21,24,39H,6-11H2,1-5H3,(H,29,30)/t19-,20+,21-,24+,26?/m0/s1. The summed E-state index contributed by atoms with van der Waals surface area (Å²) in [6.07, 6.45) is 3.47. The van der Waals surface area contributed by atoms with Gasteiger partial charge in [-0.15, -0.1) is 0 Å². The maximum atomic E-state index is 13.9. The Balaban J connectivity index is 1.58. The minimum atomic E-state index is -3.75. The molecule has 5 atom stereocenters. The van der Waals surface area contributed by atoms with E-state index in [2.05, 4.69) is 16.4 Å². The van der Waals surface area contributed by atoms with Gasteiger partial charge in [-0.1, -0.05) is 24.4 Å². The molecular weight excluding hydrogens is 563 g/mol. The molecule has 0 bridgehead atoms. The number of hydrogen-bond donors (Lipinski definition) is 2. The van der Waals surface area contributed by atoms with Crippen LogP contribution in [0.15, 0.2) is 12.3 Å².